The zero-order valence-electron chi connectivity index (χ0n) is 15.8. The van der Waals surface area contributed by atoms with Crippen LogP contribution in [0.2, 0.25) is 0 Å². The van der Waals surface area contributed by atoms with E-state index in [1.807, 2.05) is 13.8 Å². The van der Waals surface area contributed by atoms with Gasteiger partial charge in [-0.1, -0.05) is 34.6 Å². The molecule has 0 amide bonds. The van der Waals surface area contributed by atoms with Crippen LogP contribution in [0.3, 0.4) is 0 Å². The molecule has 0 fully saturated rings. The topological polar surface area (TPSA) is 140 Å². The Bertz CT molecular complexity index is 377. The van der Waals surface area contributed by atoms with Crippen molar-refractivity contribution in [1.29, 1.82) is 0 Å². The molecule has 159 valence electrons. The average Bonchev–Trinajstić information content (AvgIpc) is 2.50. The minimum atomic E-state index is -3.47. The van der Waals surface area contributed by atoms with Gasteiger partial charge in [-0.15, -0.1) is 0 Å². The van der Waals surface area contributed by atoms with Crippen molar-refractivity contribution >= 4 is 21.8 Å². The standard InChI is InChI=1S/C7H15O5P.C5H13O3P.CH4O.CH4.Y/c1-4-7(12-6(2)8)5-11-13(3,9)10;1-3-5(2)4-8-9(6)7;1-2;;/h7H,4-5H2,1-3H3,(H,9,10);5,9H,3-4H2,1-2H3,(H,6,7);2H,1H3;1H4;. The zero-order chi connectivity index (χ0) is 19.8. The Morgan fingerprint density at radius 3 is 1.92 bits per heavy atom. The Labute approximate surface area is 183 Å². The summed E-state index contributed by atoms with van der Waals surface area (Å²) in [6, 6.07) is 0. The summed E-state index contributed by atoms with van der Waals surface area (Å²) in [5, 5.41) is 7.00. The van der Waals surface area contributed by atoms with Crippen molar-refractivity contribution in [2.24, 2.45) is 5.92 Å². The van der Waals surface area contributed by atoms with Gasteiger partial charge in [-0.2, -0.15) is 0 Å². The molecule has 4 unspecified atom stereocenters. The van der Waals surface area contributed by atoms with Gasteiger partial charge in [0.05, 0.1) is 13.2 Å². The Morgan fingerprint density at radius 1 is 1.19 bits per heavy atom. The van der Waals surface area contributed by atoms with Crippen molar-refractivity contribution < 1.29 is 75.3 Å². The molecule has 0 aliphatic heterocycles. The molecular weight excluding hydrogens is 463 g/mol. The van der Waals surface area contributed by atoms with Gasteiger partial charge in [0.2, 0.25) is 0 Å². The van der Waals surface area contributed by atoms with E-state index in [1.54, 1.807) is 6.92 Å². The molecule has 0 aliphatic rings. The summed E-state index contributed by atoms with van der Waals surface area (Å²) in [7, 11) is -5.16. The third-order valence-electron chi connectivity index (χ3n) is 2.48. The minimum absolute atomic E-state index is 0. The third-order valence-corrected chi connectivity index (χ3v) is 3.52. The van der Waals surface area contributed by atoms with Crippen LogP contribution in [0.4, 0.5) is 0 Å². The smallest absolute Gasteiger partial charge is 0.325 e. The van der Waals surface area contributed by atoms with Gasteiger partial charge in [0, 0.05) is 53.4 Å². The van der Waals surface area contributed by atoms with Gasteiger partial charge in [0.25, 0.3) is 0 Å². The first kappa shape index (κ1) is 37.6. The number of ether oxygens (including phenoxy) is 1. The number of hydrogen-bond donors (Lipinski definition) is 3. The van der Waals surface area contributed by atoms with E-state index in [4.69, 9.17) is 19.6 Å². The van der Waals surface area contributed by atoms with Crippen LogP contribution in [0.5, 0.6) is 0 Å². The molecule has 1 radical (unpaired) electrons. The first-order valence-electron chi connectivity index (χ1n) is 7.44. The van der Waals surface area contributed by atoms with Crippen molar-refractivity contribution in [3.8, 4) is 0 Å². The molecule has 0 heterocycles. The van der Waals surface area contributed by atoms with E-state index < -0.39 is 27.9 Å². The van der Waals surface area contributed by atoms with Crippen molar-refractivity contribution in [2.75, 3.05) is 27.0 Å². The quantitative estimate of drug-likeness (QED) is 0.323. The second-order valence-corrected chi connectivity index (χ2v) is 7.51. The number of carbonyl (C=O) groups excluding carboxylic acids is 1. The molecule has 0 rings (SSSR count). The summed E-state index contributed by atoms with van der Waals surface area (Å²) < 4.78 is 34.6. The van der Waals surface area contributed by atoms with Gasteiger partial charge in [0.15, 0.2) is 0 Å². The number of esters is 1. The second kappa shape index (κ2) is 23.9. The maximum absolute atomic E-state index is 10.7. The van der Waals surface area contributed by atoms with Crippen molar-refractivity contribution in [3.05, 3.63) is 0 Å². The molecule has 0 aromatic heterocycles. The maximum atomic E-state index is 10.7. The van der Waals surface area contributed by atoms with Crippen molar-refractivity contribution in [2.45, 2.75) is 54.1 Å². The van der Waals surface area contributed by atoms with Crippen LogP contribution in [-0.4, -0.2) is 54.0 Å². The number of rotatable bonds is 9. The maximum Gasteiger partial charge on any atom is 0.325 e. The summed E-state index contributed by atoms with van der Waals surface area (Å²) in [6.07, 6.45) is 1.09. The van der Waals surface area contributed by atoms with E-state index in [1.165, 1.54) is 6.92 Å². The summed E-state index contributed by atoms with van der Waals surface area (Å²) in [4.78, 5) is 27.5. The van der Waals surface area contributed by atoms with Gasteiger partial charge in [0.1, 0.15) is 6.10 Å². The number of hydrogen-bond acceptors (Lipinski definition) is 7. The molecule has 4 atom stereocenters. The minimum Gasteiger partial charge on any atom is -0.460 e. The van der Waals surface area contributed by atoms with E-state index >= 15 is 0 Å². The molecule has 26 heavy (non-hydrogen) atoms. The van der Waals surface area contributed by atoms with Gasteiger partial charge >= 0.3 is 21.8 Å². The molecule has 12 heteroatoms. The van der Waals surface area contributed by atoms with Crippen LogP contribution in [0.25, 0.3) is 0 Å². The summed E-state index contributed by atoms with van der Waals surface area (Å²) >= 11 is 0. The molecule has 0 bridgehead atoms. The van der Waals surface area contributed by atoms with E-state index in [9.17, 15) is 13.9 Å². The molecule has 0 aromatic rings. The molecule has 0 spiro atoms. The average molecular weight is 499 g/mol. The van der Waals surface area contributed by atoms with Crippen molar-refractivity contribution in [3.63, 3.8) is 0 Å². The van der Waals surface area contributed by atoms with Gasteiger partial charge in [-0.3, -0.25) is 13.9 Å². The molecule has 9 nitrogen and oxygen atoms in total. The van der Waals surface area contributed by atoms with E-state index in [0.717, 1.165) is 20.2 Å². The van der Waals surface area contributed by atoms with E-state index in [-0.39, 0.29) is 46.7 Å². The van der Waals surface area contributed by atoms with Gasteiger partial charge in [-0.25, -0.2) is 0 Å². The largest absolute Gasteiger partial charge is 0.460 e. The second-order valence-electron chi connectivity index (χ2n) is 4.83. The first-order chi connectivity index (χ1) is 11.0. The van der Waals surface area contributed by atoms with Crippen LogP contribution in [0, 0.1) is 5.92 Å². The third kappa shape index (κ3) is 35.9. The Balaban J connectivity index is -0.000000100. The fourth-order valence-electron chi connectivity index (χ4n) is 1.02. The molecule has 0 saturated heterocycles. The van der Waals surface area contributed by atoms with E-state index in [2.05, 4.69) is 9.05 Å². The Hall–Kier alpha value is 0.834. The van der Waals surface area contributed by atoms with Crippen LogP contribution in [0.15, 0.2) is 0 Å². The Morgan fingerprint density at radius 2 is 1.65 bits per heavy atom. The van der Waals surface area contributed by atoms with Crippen LogP contribution >= 0.6 is 15.9 Å². The molecular formula is C14H36O9P2Y. The van der Waals surface area contributed by atoms with E-state index in [0.29, 0.717) is 18.9 Å². The molecule has 0 saturated carbocycles. The normalized spacial score (nSPS) is 15.0. The molecule has 0 aliphatic carbocycles. The predicted molar refractivity (Wildman–Crippen MR) is 99.0 cm³/mol. The molecule has 0 aromatic carbocycles. The summed E-state index contributed by atoms with van der Waals surface area (Å²) in [6.45, 7) is 8.52. The Kier molecular flexibility index (Phi) is 34.5. The van der Waals surface area contributed by atoms with Crippen molar-refractivity contribution in [1.82, 2.24) is 0 Å². The number of aliphatic hydroxyl groups is 1. The van der Waals surface area contributed by atoms with Crippen LogP contribution < -0.4 is 0 Å². The first-order valence-corrected chi connectivity index (χ1v) is 10.7. The van der Waals surface area contributed by atoms with Gasteiger partial charge < -0.3 is 28.7 Å². The number of aliphatic hydroxyl groups excluding tert-OH is 1. The fraction of sp³-hybridized carbons (Fsp3) is 0.929. The predicted octanol–water partition coefficient (Wildman–Crippen LogP) is 2.83. The SMILES string of the molecule is C.CCC(C)CO[PH](=O)O.CCC(COP(C)(=O)O)OC(C)=O.CO.[Y]. The van der Waals surface area contributed by atoms with Crippen LogP contribution in [-0.2, 0) is 60.4 Å². The monoisotopic (exact) mass is 499 g/mol. The fourth-order valence-corrected chi connectivity index (χ4v) is 1.89. The summed E-state index contributed by atoms with van der Waals surface area (Å²) in [5.41, 5.74) is 0. The summed E-state index contributed by atoms with van der Waals surface area (Å²) in [5.74, 6) is -0.0366. The van der Waals surface area contributed by atoms with Crippen LogP contribution in [0.1, 0.15) is 48.0 Å². The van der Waals surface area contributed by atoms with Gasteiger partial charge in [-0.05, 0) is 12.3 Å². The zero-order valence-corrected chi connectivity index (χ0v) is 20.5. The molecule has 3 N–H and O–H groups in total. The number of carbonyl (C=O) groups is 1.